The number of aromatic nitrogens is 2. The molecule has 2 N–H and O–H groups in total. The van der Waals surface area contributed by atoms with E-state index in [2.05, 4.69) is 26.3 Å². The Labute approximate surface area is 153 Å². The van der Waals surface area contributed by atoms with Crippen molar-refractivity contribution in [1.82, 2.24) is 20.2 Å². The van der Waals surface area contributed by atoms with E-state index in [0.29, 0.717) is 13.1 Å². The lowest BCUT2D eigenvalue weighted by atomic mass is 10.1. The van der Waals surface area contributed by atoms with E-state index in [9.17, 15) is 4.79 Å². The van der Waals surface area contributed by atoms with Gasteiger partial charge in [-0.3, -0.25) is 0 Å². The van der Waals surface area contributed by atoms with Crippen molar-refractivity contribution < 1.29 is 9.53 Å². The van der Waals surface area contributed by atoms with Crippen molar-refractivity contribution >= 4 is 17.1 Å². The van der Waals surface area contributed by atoms with Crippen LogP contribution in [0.15, 0.2) is 54.9 Å². The van der Waals surface area contributed by atoms with Gasteiger partial charge in [0.15, 0.2) is 0 Å². The molecule has 6 nitrogen and oxygen atoms in total. The van der Waals surface area contributed by atoms with Crippen molar-refractivity contribution in [2.75, 3.05) is 20.2 Å². The number of fused-ring (bicyclic) bond motifs is 1. The third-order valence-corrected chi connectivity index (χ3v) is 4.24. The van der Waals surface area contributed by atoms with E-state index in [1.807, 2.05) is 42.6 Å². The Morgan fingerprint density at radius 3 is 2.73 bits per heavy atom. The predicted molar refractivity (Wildman–Crippen MR) is 102 cm³/mol. The lowest BCUT2D eigenvalue weighted by molar-refractivity contribution is 0.240. The highest BCUT2D eigenvalue weighted by Crippen LogP contribution is 2.12. The number of pyridine rings is 1. The summed E-state index contributed by atoms with van der Waals surface area (Å²) in [7, 11) is 1.65. The standard InChI is InChI=1S/C20H24N4O2/c1-26-18-7-5-16(6-8-18)9-13-23-20(25)22-12-3-14-24-15-10-17-4-2-11-21-19(17)24/h2,4-8,10-11,15H,3,9,12-14H2,1H3,(H2,22,23,25). The van der Waals surface area contributed by atoms with E-state index in [-0.39, 0.29) is 6.03 Å². The van der Waals surface area contributed by atoms with E-state index < -0.39 is 0 Å². The second-order valence-corrected chi connectivity index (χ2v) is 6.06. The lowest BCUT2D eigenvalue weighted by Gasteiger charge is -2.09. The average Bonchev–Trinajstić information content (AvgIpc) is 3.09. The summed E-state index contributed by atoms with van der Waals surface area (Å²) >= 11 is 0. The highest BCUT2D eigenvalue weighted by atomic mass is 16.5. The maximum atomic E-state index is 11.8. The van der Waals surface area contributed by atoms with Gasteiger partial charge in [0.05, 0.1) is 7.11 Å². The summed E-state index contributed by atoms with van der Waals surface area (Å²) < 4.78 is 7.24. The van der Waals surface area contributed by atoms with Crippen molar-refractivity contribution in [3.63, 3.8) is 0 Å². The molecule has 0 aliphatic rings. The van der Waals surface area contributed by atoms with Crippen LogP contribution in [-0.2, 0) is 13.0 Å². The largest absolute Gasteiger partial charge is 0.497 e. The SMILES string of the molecule is COc1ccc(CCNC(=O)NCCCn2ccc3cccnc32)cc1. The van der Waals surface area contributed by atoms with Gasteiger partial charge in [-0.25, -0.2) is 9.78 Å². The van der Waals surface area contributed by atoms with Gasteiger partial charge in [0.2, 0.25) is 0 Å². The van der Waals surface area contributed by atoms with E-state index in [4.69, 9.17) is 4.74 Å². The Morgan fingerprint density at radius 1 is 1.12 bits per heavy atom. The zero-order valence-corrected chi connectivity index (χ0v) is 14.9. The summed E-state index contributed by atoms with van der Waals surface area (Å²) in [6, 6.07) is 13.8. The van der Waals surface area contributed by atoms with Gasteiger partial charge in [0, 0.05) is 37.4 Å². The Morgan fingerprint density at radius 2 is 1.92 bits per heavy atom. The highest BCUT2D eigenvalue weighted by Gasteiger charge is 2.03. The zero-order chi connectivity index (χ0) is 18.2. The number of nitrogens with zero attached hydrogens (tertiary/aromatic N) is 2. The van der Waals surface area contributed by atoms with Crippen LogP contribution in [0, 0.1) is 0 Å². The fraction of sp³-hybridized carbons (Fsp3) is 0.300. The van der Waals surface area contributed by atoms with Crippen LogP contribution in [0.25, 0.3) is 11.0 Å². The smallest absolute Gasteiger partial charge is 0.314 e. The molecule has 0 spiro atoms. The molecule has 3 aromatic rings. The Hall–Kier alpha value is -3.02. The van der Waals surface area contributed by atoms with Crippen molar-refractivity contribution in [1.29, 1.82) is 0 Å². The van der Waals surface area contributed by atoms with Gasteiger partial charge in [-0.15, -0.1) is 0 Å². The predicted octanol–water partition coefficient (Wildman–Crippen LogP) is 2.98. The van der Waals surface area contributed by atoms with Gasteiger partial charge in [-0.1, -0.05) is 12.1 Å². The van der Waals surface area contributed by atoms with Crippen LogP contribution in [0.5, 0.6) is 5.75 Å². The number of rotatable bonds is 8. The van der Waals surface area contributed by atoms with Crippen LogP contribution in [0.1, 0.15) is 12.0 Å². The summed E-state index contributed by atoms with van der Waals surface area (Å²) in [5.74, 6) is 0.838. The molecule has 2 heterocycles. The molecule has 1 aromatic carbocycles. The molecule has 26 heavy (non-hydrogen) atoms. The normalized spacial score (nSPS) is 10.7. The number of amides is 2. The fourth-order valence-electron chi connectivity index (χ4n) is 2.83. The van der Waals surface area contributed by atoms with Gasteiger partial charge in [-0.2, -0.15) is 0 Å². The number of ether oxygens (including phenoxy) is 1. The lowest BCUT2D eigenvalue weighted by Crippen LogP contribution is -2.37. The number of hydrogen-bond acceptors (Lipinski definition) is 3. The van der Waals surface area contributed by atoms with E-state index in [1.165, 1.54) is 0 Å². The van der Waals surface area contributed by atoms with Gasteiger partial charge in [0.25, 0.3) is 0 Å². The topological polar surface area (TPSA) is 68.2 Å². The number of carbonyl (C=O) groups is 1. The minimum atomic E-state index is -0.131. The van der Waals surface area contributed by atoms with Crippen LogP contribution in [0.3, 0.4) is 0 Å². The van der Waals surface area contributed by atoms with E-state index >= 15 is 0 Å². The molecule has 0 unspecified atom stereocenters. The molecule has 0 aliphatic heterocycles. The Kier molecular flexibility index (Phi) is 6.09. The summed E-state index contributed by atoms with van der Waals surface area (Å²) in [6.07, 6.45) is 5.48. The maximum absolute atomic E-state index is 11.8. The molecule has 0 saturated carbocycles. The van der Waals surface area contributed by atoms with Gasteiger partial charge >= 0.3 is 6.03 Å². The van der Waals surface area contributed by atoms with Crippen molar-refractivity contribution in [2.24, 2.45) is 0 Å². The van der Waals surface area contributed by atoms with Crippen LogP contribution >= 0.6 is 0 Å². The molecule has 0 aliphatic carbocycles. The summed E-state index contributed by atoms with van der Waals surface area (Å²) in [5, 5.41) is 6.91. The van der Waals surface area contributed by atoms with Gasteiger partial charge in [0.1, 0.15) is 11.4 Å². The van der Waals surface area contributed by atoms with Gasteiger partial charge < -0.3 is 19.9 Å². The molecule has 0 radical (unpaired) electrons. The van der Waals surface area contributed by atoms with Crippen molar-refractivity contribution in [2.45, 2.75) is 19.4 Å². The zero-order valence-electron chi connectivity index (χ0n) is 14.9. The second-order valence-electron chi connectivity index (χ2n) is 6.06. The third-order valence-electron chi connectivity index (χ3n) is 4.24. The maximum Gasteiger partial charge on any atom is 0.314 e. The average molecular weight is 352 g/mol. The third kappa shape index (κ3) is 4.75. The molecule has 0 fully saturated rings. The van der Waals surface area contributed by atoms with Crippen LogP contribution < -0.4 is 15.4 Å². The van der Waals surface area contributed by atoms with Crippen LogP contribution in [0.4, 0.5) is 4.79 Å². The minimum absolute atomic E-state index is 0.131. The van der Waals surface area contributed by atoms with Crippen molar-refractivity contribution in [3.05, 3.63) is 60.4 Å². The number of benzene rings is 1. The number of nitrogens with one attached hydrogen (secondary N) is 2. The van der Waals surface area contributed by atoms with Crippen molar-refractivity contribution in [3.8, 4) is 5.75 Å². The Balaban J connectivity index is 1.32. The minimum Gasteiger partial charge on any atom is -0.497 e. The number of hydrogen-bond donors (Lipinski definition) is 2. The Bertz CT molecular complexity index is 842. The fourth-order valence-corrected chi connectivity index (χ4v) is 2.83. The first-order chi connectivity index (χ1) is 12.8. The quantitative estimate of drug-likeness (QED) is 0.613. The van der Waals surface area contributed by atoms with E-state index in [0.717, 1.165) is 41.7 Å². The van der Waals surface area contributed by atoms with Crippen LogP contribution in [-0.4, -0.2) is 35.8 Å². The molecule has 0 bridgehead atoms. The molecule has 2 aromatic heterocycles. The first-order valence-corrected chi connectivity index (χ1v) is 8.81. The first kappa shape index (κ1) is 17.8. The van der Waals surface area contributed by atoms with E-state index in [1.54, 1.807) is 13.3 Å². The molecule has 0 atom stereocenters. The molecule has 3 rings (SSSR count). The molecule has 0 saturated heterocycles. The first-order valence-electron chi connectivity index (χ1n) is 8.81. The molecular formula is C20H24N4O2. The molecule has 2 amide bonds. The number of urea groups is 1. The van der Waals surface area contributed by atoms with Gasteiger partial charge in [-0.05, 0) is 48.7 Å². The van der Waals surface area contributed by atoms with Crippen LogP contribution in [0.2, 0.25) is 0 Å². The second kappa shape index (κ2) is 8.89. The number of aryl methyl sites for hydroxylation is 1. The number of methoxy groups -OCH3 is 1. The highest BCUT2D eigenvalue weighted by molar-refractivity contribution is 5.75. The molecule has 136 valence electrons. The number of carbonyl (C=O) groups excluding carboxylic acids is 1. The molecule has 6 heteroatoms. The summed E-state index contributed by atoms with van der Waals surface area (Å²) in [4.78, 5) is 16.2. The summed E-state index contributed by atoms with van der Waals surface area (Å²) in [5.41, 5.74) is 2.15. The molecular weight excluding hydrogens is 328 g/mol. The monoisotopic (exact) mass is 352 g/mol. The summed E-state index contributed by atoms with van der Waals surface area (Å²) in [6.45, 7) is 2.05.